The molecule has 1 N–H and O–H groups in total. The molecule has 0 saturated carbocycles. The molecule has 1 aliphatic heterocycles. The van der Waals surface area contributed by atoms with Gasteiger partial charge >= 0.3 is 0 Å². The van der Waals surface area contributed by atoms with Gasteiger partial charge in [-0.15, -0.1) is 21.5 Å². The summed E-state index contributed by atoms with van der Waals surface area (Å²) in [6.07, 6.45) is 1.61. The molecule has 1 atom stereocenters. The van der Waals surface area contributed by atoms with Crippen molar-refractivity contribution in [1.82, 2.24) is 15.1 Å². The molecule has 38 heavy (non-hydrogen) atoms. The van der Waals surface area contributed by atoms with Gasteiger partial charge in [-0.25, -0.2) is 0 Å². The normalized spacial score (nSPS) is 15.8. The fraction of sp³-hybridized carbons (Fsp3) is 0.333. The Hall–Kier alpha value is -3.46. The number of rotatable bonds is 8. The average molecular weight is 530 g/mol. The summed E-state index contributed by atoms with van der Waals surface area (Å²) >= 11 is 1.59. The van der Waals surface area contributed by atoms with Crippen LogP contribution < -0.4 is 9.47 Å². The van der Waals surface area contributed by atoms with Gasteiger partial charge in [0.25, 0.3) is 5.89 Å². The molecule has 1 fully saturated rings. The van der Waals surface area contributed by atoms with Crippen LogP contribution in [0.15, 0.2) is 65.1 Å². The van der Waals surface area contributed by atoms with Gasteiger partial charge in [0, 0.05) is 23.6 Å². The number of benzene rings is 3. The third-order valence-electron chi connectivity index (χ3n) is 7.29. The van der Waals surface area contributed by atoms with Crippen molar-refractivity contribution in [3.05, 3.63) is 72.1 Å². The summed E-state index contributed by atoms with van der Waals surface area (Å²) in [6, 6.07) is 21.0. The second-order valence-corrected chi connectivity index (χ2v) is 11.0. The first-order valence-corrected chi connectivity index (χ1v) is 13.8. The first-order valence-electron chi connectivity index (χ1n) is 13.0. The Balaban J connectivity index is 1.03. The minimum Gasteiger partial charge on any atom is -0.497 e. The number of hydrogen-bond donors (Lipinski definition) is 1. The van der Waals surface area contributed by atoms with Gasteiger partial charge in [-0.05, 0) is 78.5 Å². The maximum absolute atomic E-state index is 10.8. The van der Waals surface area contributed by atoms with Crippen molar-refractivity contribution in [2.75, 3.05) is 33.4 Å². The van der Waals surface area contributed by atoms with Crippen LogP contribution >= 0.6 is 11.3 Å². The predicted molar refractivity (Wildman–Crippen MR) is 150 cm³/mol. The lowest BCUT2D eigenvalue weighted by Crippen LogP contribution is -2.40. The van der Waals surface area contributed by atoms with E-state index >= 15 is 0 Å². The third-order valence-corrected chi connectivity index (χ3v) is 8.38. The molecule has 6 rings (SSSR count). The molecule has 3 aromatic carbocycles. The zero-order valence-electron chi connectivity index (χ0n) is 21.6. The molecule has 5 aromatic rings. The summed E-state index contributed by atoms with van der Waals surface area (Å²) in [5.74, 6) is 3.24. The highest BCUT2D eigenvalue weighted by Crippen LogP contribution is 2.37. The van der Waals surface area contributed by atoms with E-state index < -0.39 is 6.10 Å². The Morgan fingerprint density at radius 3 is 2.66 bits per heavy atom. The van der Waals surface area contributed by atoms with Crippen LogP contribution in [0.4, 0.5) is 0 Å². The number of aliphatic hydroxyl groups is 1. The van der Waals surface area contributed by atoms with Crippen LogP contribution in [0.3, 0.4) is 0 Å². The van der Waals surface area contributed by atoms with Gasteiger partial charge in [0.05, 0.1) is 12.0 Å². The number of β-amino-alcohol motifs (C(OH)–C–C–N with tert-alkyl or cyclic N) is 1. The van der Waals surface area contributed by atoms with Crippen molar-refractivity contribution < 1.29 is 19.0 Å². The molecule has 8 heteroatoms. The number of nitrogens with zero attached hydrogens (tertiary/aromatic N) is 3. The van der Waals surface area contributed by atoms with Gasteiger partial charge in [-0.2, -0.15) is 0 Å². The van der Waals surface area contributed by atoms with Gasteiger partial charge in [-0.3, -0.25) is 0 Å². The van der Waals surface area contributed by atoms with Crippen molar-refractivity contribution >= 4 is 32.2 Å². The molecule has 1 saturated heterocycles. The molecule has 0 spiro atoms. The average Bonchev–Trinajstić information content (AvgIpc) is 3.58. The van der Waals surface area contributed by atoms with Crippen LogP contribution in [-0.4, -0.2) is 59.7 Å². The maximum atomic E-state index is 10.8. The van der Waals surface area contributed by atoms with E-state index in [1.54, 1.807) is 25.4 Å². The fourth-order valence-electron chi connectivity index (χ4n) is 5.27. The molecular weight excluding hydrogens is 498 g/mol. The first kappa shape index (κ1) is 24.9. The lowest BCUT2D eigenvalue weighted by Gasteiger charge is -2.33. The third kappa shape index (κ3) is 5.25. The van der Waals surface area contributed by atoms with Gasteiger partial charge in [0.2, 0.25) is 5.89 Å². The first-order chi connectivity index (χ1) is 18.6. The Morgan fingerprint density at radius 2 is 1.87 bits per heavy atom. The van der Waals surface area contributed by atoms with E-state index in [0.29, 0.717) is 24.2 Å². The van der Waals surface area contributed by atoms with E-state index in [1.165, 1.54) is 16.3 Å². The molecule has 0 radical (unpaired) electrons. The Morgan fingerprint density at radius 1 is 1.05 bits per heavy atom. The molecule has 0 amide bonds. The standard InChI is InChI=1S/C30H31N3O4S/c1-19-31-32-30(37-19)29-16-26-27(4-3-5-28(26)38-29)36-18-24(34)17-33-12-10-20(11-13-33)21-6-7-23-15-25(35-2)9-8-22(23)14-21/h3-9,14-16,20,24,34H,10-13,17-18H2,1-2H3/t24-/m0/s1. The summed E-state index contributed by atoms with van der Waals surface area (Å²) in [5.41, 5.74) is 1.39. The number of aryl methyl sites for hydroxylation is 1. The molecule has 0 bridgehead atoms. The van der Waals surface area contributed by atoms with Crippen molar-refractivity contribution in [3.63, 3.8) is 0 Å². The number of aromatic nitrogens is 2. The minimum absolute atomic E-state index is 0.248. The lowest BCUT2D eigenvalue weighted by molar-refractivity contribution is 0.0599. The van der Waals surface area contributed by atoms with Crippen LogP contribution in [0, 0.1) is 6.92 Å². The molecular formula is C30H31N3O4S. The van der Waals surface area contributed by atoms with Crippen molar-refractivity contribution in [3.8, 4) is 22.3 Å². The summed E-state index contributed by atoms with van der Waals surface area (Å²) in [4.78, 5) is 3.25. The molecule has 196 valence electrons. The highest BCUT2D eigenvalue weighted by molar-refractivity contribution is 7.22. The number of piperidine rings is 1. The van der Waals surface area contributed by atoms with Crippen molar-refractivity contribution in [1.29, 1.82) is 0 Å². The van der Waals surface area contributed by atoms with Gasteiger partial charge < -0.3 is 23.9 Å². The molecule has 0 aliphatic carbocycles. The summed E-state index contributed by atoms with van der Waals surface area (Å²) in [5, 5.41) is 22.3. The van der Waals surface area contributed by atoms with Crippen LogP contribution in [0.25, 0.3) is 31.6 Å². The van der Waals surface area contributed by atoms with E-state index in [2.05, 4.69) is 45.4 Å². The Labute approximate surface area is 225 Å². The fourth-order valence-corrected chi connectivity index (χ4v) is 6.27. The largest absolute Gasteiger partial charge is 0.497 e. The summed E-state index contributed by atoms with van der Waals surface area (Å²) in [7, 11) is 1.70. The van der Waals surface area contributed by atoms with Crippen molar-refractivity contribution in [2.24, 2.45) is 0 Å². The topological polar surface area (TPSA) is 80.9 Å². The molecule has 0 unspecified atom stereocenters. The second-order valence-electron chi connectivity index (χ2n) is 9.92. The van der Waals surface area contributed by atoms with E-state index in [0.717, 1.165) is 52.4 Å². The highest BCUT2D eigenvalue weighted by Gasteiger charge is 2.23. The number of thiophene rings is 1. The van der Waals surface area contributed by atoms with Crippen molar-refractivity contribution in [2.45, 2.75) is 31.8 Å². The van der Waals surface area contributed by atoms with Gasteiger partial charge in [-0.1, -0.05) is 30.3 Å². The number of hydrogen-bond acceptors (Lipinski definition) is 8. The number of fused-ring (bicyclic) bond motifs is 2. The van der Waals surface area contributed by atoms with E-state index in [-0.39, 0.29) is 6.61 Å². The number of ether oxygens (including phenoxy) is 2. The highest BCUT2D eigenvalue weighted by atomic mass is 32.1. The lowest BCUT2D eigenvalue weighted by atomic mass is 9.88. The van der Waals surface area contributed by atoms with E-state index in [1.807, 2.05) is 30.3 Å². The Bertz CT molecular complexity index is 1550. The van der Waals surface area contributed by atoms with E-state index in [9.17, 15) is 5.11 Å². The van der Waals surface area contributed by atoms with Crippen LogP contribution in [0.2, 0.25) is 0 Å². The van der Waals surface area contributed by atoms with Gasteiger partial charge in [0.15, 0.2) is 0 Å². The molecule has 3 heterocycles. The monoisotopic (exact) mass is 529 g/mol. The second kappa shape index (κ2) is 10.7. The maximum Gasteiger partial charge on any atom is 0.257 e. The zero-order valence-corrected chi connectivity index (χ0v) is 22.4. The van der Waals surface area contributed by atoms with Gasteiger partial charge in [0.1, 0.15) is 24.2 Å². The van der Waals surface area contributed by atoms with Crippen LogP contribution in [-0.2, 0) is 0 Å². The number of methoxy groups -OCH3 is 1. The SMILES string of the molecule is COc1ccc2cc(C3CCN(C[C@H](O)COc4cccc5sc(-c6nnc(C)o6)cc45)CC3)ccc2c1. The minimum atomic E-state index is -0.561. The van der Waals surface area contributed by atoms with Crippen LogP contribution in [0.1, 0.15) is 30.2 Å². The predicted octanol–water partition coefficient (Wildman–Crippen LogP) is 6.04. The molecule has 1 aliphatic rings. The smallest absolute Gasteiger partial charge is 0.257 e. The summed E-state index contributed by atoms with van der Waals surface area (Å²) < 4.78 is 18.1. The quantitative estimate of drug-likeness (QED) is 0.262. The van der Waals surface area contributed by atoms with Crippen LogP contribution in [0.5, 0.6) is 11.5 Å². The molecule has 2 aromatic heterocycles. The number of aliphatic hydroxyl groups excluding tert-OH is 1. The molecule has 7 nitrogen and oxygen atoms in total. The zero-order chi connectivity index (χ0) is 26.1. The Kier molecular flexibility index (Phi) is 7.02. The number of likely N-dealkylation sites (tertiary alicyclic amines) is 1. The van der Waals surface area contributed by atoms with E-state index in [4.69, 9.17) is 13.9 Å². The summed E-state index contributed by atoms with van der Waals surface area (Å²) in [6.45, 7) is 4.57.